The van der Waals surface area contributed by atoms with Gasteiger partial charge in [-0.2, -0.15) is 0 Å². The summed E-state index contributed by atoms with van der Waals surface area (Å²) in [5.74, 6) is 1.69. The van der Waals surface area contributed by atoms with Gasteiger partial charge in [-0.05, 0) is 52.3 Å². The number of halogens is 1. The third-order valence-electron chi connectivity index (χ3n) is 5.77. The lowest BCUT2D eigenvalue weighted by atomic mass is 10.1. The lowest BCUT2D eigenvalue weighted by Gasteiger charge is -2.35. The van der Waals surface area contributed by atoms with Crippen LogP contribution in [0.1, 0.15) is 5.56 Å². The van der Waals surface area contributed by atoms with Gasteiger partial charge in [0.05, 0.1) is 15.4 Å². The number of benzene rings is 2. The normalized spacial score (nSPS) is 14.5. The monoisotopic (exact) mass is 507 g/mol. The highest BCUT2D eigenvalue weighted by atomic mass is 79.9. The Bertz CT molecular complexity index is 1330. The van der Waals surface area contributed by atoms with Crippen molar-refractivity contribution in [3.63, 3.8) is 0 Å². The Morgan fingerprint density at radius 2 is 1.79 bits per heavy atom. The molecule has 4 aromatic rings. The summed E-state index contributed by atoms with van der Waals surface area (Å²) in [6, 6.07) is 16.3. The van der Waals surface area contributed by atoms with Crippen LogP contribution in [0, 0.1) is 0 Å². The van der Waals surface area contributed by atoms with E-state index in [0.29, 0.717) is 28.8 Å². The second-order valence-electron chi connectivity index (χ2n) is 7.85. The largest absolute Gasteiger partial charge is 0.507 e. The van der Waals surface area contributed by atoms with Crippen molar-refractivity contribution < 1.29 is 14.3 Å². The number of para-hydroxylation sites is 1. The number of aromatic nitrogens is 1. The highest BCUT2D eigenvalue weighted by Crippen LogP contribution is 2.32. The average Bonchev–Trinajstić information content (AvgIpc) is 2.85. The van der Waals surface area contributed by atoms with Gasteiger partial charge in [-0.15, -0.1) is 0 Å². The highest BCUT2D eigenvalue weighted by Gasteiger charge is 2.22. The minimum absolute atomic E-state index is 0.0926. The second kappa shape index (κ2) is 9.25. The van der Waals surface area contributed by atoms with Crippen LogP contribution in [-0.2, 0) is 6.54 Å². The molecule has 1 fully saturated rings. The molecule has 33 heavy (non-hydrogen) atoms. The molecular weight excluding hydrogens is 486 g/mol. The minimum Gasteiger partial charge on any atom is -0.507 e. The molecule has 0 spiro atoms. The number of fused-ring (bicyclic) bond motifs is 1. The topological polar surface area (TPSA) is 79.0 Å². The van der Waals surface area contributed by atoms with Crippen molar-refractivity contribution >= 4 is 32.7 Å². The first-order chi connectivity index (χ1) is 16.1. The van der Waals surface area contributed by atoms with Gasteiger partial charge in [0.25, 0.3) is 0 Å². The van der Waals surface area contributed by atoms with Crippen molar-refractivity contribution in [3.8, 4) is 17.2 Å². The zero-order valence-corrected chi connectivity index (χ0v) is 19.4. The molecule has 7 nitrogen and oxygen atoms in total. The van der Waals surface area contributed by atoms with Crippen LogP contribution < -0.4 is 15.1 Å². The summed E-state index contributed by atoms with van der Waals surface area (Å²) in [5, 5.41) is 10.9. The van der Waals surface area contributed by atoms with Crippen LogP contribution in [0.3, 0.4) is 0 Å². The Kier molecular flexibility index (Phi) is 6.02. The number of phenolic OH excluding ortho intramolecular Hbond substituents is 1. The van der Waals surface area contributed by atoms with Gasteiger partial charge in [0.1, 0.15) is 29.2 Å². The molecule has 3 heterocycles. The van der Waals surface area contributed by atoms with E-state index >= 15 is 0 Å². The summed E-state index contributed by atoms with van der Waals surface area (Å²) in [4.78, 5) is 22.0. The van der Waals surface area contributed by atoms with Gasteiger partial charge in [0.2, 0.25) is 11.2 Å². The molecule has 1 saturated heterocycles. The standard InChI is InChI=1S/C25H22BrN3O4/c26-19-5-1-2-6-21(19)33-22-16-32-25-17(24(22)31)8-9-20(30)18(25)15-28-11-13-29(14-12-28)23-7-3-4-10-27-23/h1-10,16,30H,11-15H2. The fourth-order valence-electron chi connectivity index (χ4n) is 4.00. The maximum absolute atomic E-state index is 13.1. The van der Waals surface area contributed by atoms with E-state index in [4.69, 9.17) is 9.15 Å². The van der Waals surface area contributed by atoms with E-state index in [9.17, 15) is 9.90 Å². The van der Waals surface area contributed by atoms with Crippen LogP contribution in [-0.4, -0.2) is 41.2 Å². The van der Waals surface area contributed by atoms with Gasteiger partial charge in [-0.25, -0.2) is 4.98 Å². The summed E-state index contributed by atoms with van der Waals surface area (Å²) in [5.41, 5.74) is 0.697. The Morgan fingerprint density at radius 3 is 2.55 bits per heavy atom. The lowest BCUT2D eigenvalue weighted by Crippen LogP contribution is -2.46. The third-order valence-corrected chi connectivity index (χ3v) is 6.43. The number of anilines is 1. The quantitative estimate of drug-likeness (QED) is 0.416. The van der Waals surface area contributed by atoms with Crippen LogP contribution in [0.2, 0.25) is 0 Å². The maximum atomic E-state index is 13.1. The van der Waals surface area contributed by atoms with Crippen LogP contribution in [0.4, 0.5) is 5.82 Å². The molecular formula is C25H22BrN3O4. The van der Waals surface area contributed by atoms with Crippen molar-refractivity contribution in [3.05, 3.63) is 87.3 Å². The molecule has 1 N–H and O–H groups in total. The number of hydrogen-bond acceptors (Lipinski definition) is 7. The first-order valence-corrected chi connectivity index (χ1v) is 11.5. The van der Waals surface area contributed by atoms with Gasteiger partial charge in [0, 0.05) is 38.9 Å². The number of hydrogen-bond donors (Lipinski definition) is 1. The number of rotatable bonds is 5. The maximum Gasteiger partial charge on any atom is 0.235 e. The van der Waals surface area contributed by atoms with E-state index in [1.54, 1.807) is 24.4 Å². The predicted molar refractivity (Wildman–Crippen MR) is 130 cm³/mol. The molecule has 168 valence electrons. The first kappa shape index (κ1) is 21.5. The van der Waals surface area contributed by atoms with Crippen LogP contribution in [0.5, 0.6) is 17.2 Å². The summed E-state index contributed by atoms with van der Waals surface area (Å²) >= 11 is 3.42. The van der Waals surface area contributed by atoms with E-state index in [1.165, 1.54) is 6.26 Å². The number of nitrogens with zero attached hydrogens (tertiary/aromatic N) is 3. The van der Waals surface area contributed by atoms with Gasteiger partial charge >= 0.3 is 0 Å². The molecule has 0 bridgehead atoms. The molecule has 0 saturated carbocycles. The summed E-state index contributed by atoms with van der Waals surface area (Å²) in [6.45, 7) is 3.75. The highest BCUT2D eigenvalue weighted by molar-refractivity contribution is 9.10. The predicted octanol–water partition coefficient (Wildman–Crippen LogP) is 4.77. The molecule has 0 radical (unpaired) electrons. The van der Waals surface area contributed by atoms with E-state index in [-0.39, 0.29) is 16.9 Å². The van der Waals surface area contributed by atoms with Crippen molar-refractivity contribution in [2.75, 3.05) is 31.1 Å². The molecule has 1 aliphatic rings. The molecule has 0 atom stereocenters. The number of phenols is 1. The van der Waals surface area contributed by atoms with Crippen LogP contribution in [0.25, 0.3) is 11.0 Å². The second-order valence-corrected chi connectivity index (χ2v) is 8.71. The lowest BCUT2D eigenvalue weighted by molar-refractivity contribution is 0.246. The first-order valence-electron chi connectivity index (χ1n) is 10.7. The van der Waals surface area contributed by atoms with E-state index in [2.05, 4.69) is 30.7 Å². The van der Waals surface area contributed by atoms with Gasteiger partial charge in [-0.3, -0.25) is 9.69 Å². The number of ether oxygens (including phenoxy) is 1. The summed E-state index contributed by atoms with van der Waals surface area (Å²) in [6.07, 6.45) is 3.11. The van der Waals surface area contributed by atoms with Crippen molar-refractivity contribution in [2.45, 2.75) is 6.54 Å². The summed E-state index contributed by atoms with van der Waals surface area (Å²) in [7, 11) is 0. The van der Waals surface area contributed by atoms with Gasteiger partial charge < -0.3 is 19.2 Å². The Hall–Kier alpha value is -3.36. The molecule has 1 aliphatic heterocycles. The Labute approximate surface area is 199 Å². The Morgan fingerprint density at radius 1 is 1.00 bits per heavy atom. The van der Waals surface area contributed by atoms with Crippen LogP contribution in [0.15, 0.2) is 80.7 Å². The molecule has 5 rings (SSSR count). The van der Waals surface area contributed by atoms with E-state index in [1.807, 2.05) is 36.4 Å². The number of piperazine rings is 1. The van der Waals surface area contributed by atoms with Gasteiger partial charge in [-0.1, -0.05) is 18.2 Å². The van der Waals surface area contributed by atoms with E-state index < -0.39 is 0 Å². The van der Waals surface area contributed by atoms with Crippen molar-refractivity contribution in [1.82, 2.24) is 9.88 Å². The molecule has 0 unspecified atom stereocenters. The molecule has 0 amide bonds. The van der Waals surface area contributed by atoms with Crippen molar-refractivity contribution in [2.24, 2.45) is 0 Å². The Balaban J connectivity index is 1.38. The fourth-order valence-corrected chi connectivity index (χ4v) is 4.36. The zero-order chi connectivity index (χ0) is 22.8. The van der Waals surface area contributed by atoms with Crippen molar-refractivity contribution in [1.29, 1.82) is 0 Å². The van der Waals surface area contributed by atoms with E-state index in [0.717, 1.165) is 36.5 Å². The zero-order valence-electron chi connectivity index (χ0n) is 17.8. The minimum atomic E-state index is -0.284. The van der Waals surface area contributed by atoms with Gasteiger partial charge in [0.15, 0.2) is 0 Å². The summed E-state index contributed by atoms with van der Waals surface area (Å²) < 4.78 is 12.4. The molecule has 2 aromatic carbocycles. The number of aromatic hydroxyl groups is 1. The molecule has 8 heteroatoms. The molecule has 0 aliphatic carbocycles. The number of pyridine rings is 1. The fraction of sp³-hybridized carbons (Fsp3) is 0.200. The average molecular weight is 508 g/mol. The van der Waals surface area contributed by atoms with Crippen LogP contribution >= 0.6 is 15.9 Å². The smallest absolute Gasteiger partial charge is 0.235 e. The SMILES string of the molecule is O=c1c(Oc2ccccc2Br)coc2c(CN3CCN(c4ccccn4)CC3)c(O)ccc12. The third kappa shape index (κ3) is 4.44. The molecule has 2 aromatic heterocycles.